The second kappa shape index (κ2) is 6.50. The summed E-state index contributed by atoms with van der Waals surface area (Å²) in [7, 11) is 0. The first-order valence-corrected chi connectivity index (χ1v) is 7.65. The van der Waals surface area contributed by atoms with Crippen molar-refractivity contribution in [1.82, 2.24) is 0 Å². The lowest BCUT2D eigenvalue weighted by Gasteiger charge is -2.26. The lowest BCUT2D eigenvalue weighted by molar-refractivity contribution is -0.143. The molecular weight excluding hydrogens is 355 g/mol. The second-order valence-electron chi connectivity index (χ2n) is 5.21. The van der Waals surface area contributed by atoms with E-state index in [1.807, 2.05) is 24.3 Å². The van der Waals surface area contributed by atoms with Gasteiger partial charge in [-0.15, -0.1) is 0 Å². The minimum Gasteiger partial charge on any atom is -0.481 e. The van der Waals surface area contributed by atoms with E-state index in [1.165, 1.54) is 0 Å². The highest BCUT2D eigenvalue weighted by atomic mass is 127. The molecule has 1 N–H and O–H groups in total. The van der Waals surface area contributed by atoms with E-state index in [0.29, 0.717) is 12.8 Å². The van der Waals surface area contributed by atoms with Crippen LogP contribution in [0.1, 0.15) is 42.5 Å². The summed E-state index contributed by atoms with van der Waals surface area (Å²) in [6.07, 6.45) is 3.76. The van der Waals surface area contributed by atoms with Gasteiger partial charge in [0.05, 0.1) is 5.92 Å². The average Bonchev–Trinajstić information content (AvgIpc) is 2.39. The zero-order chi connectivity index (χ0) is 13.8. The third-order valence-electron chi connectivity index (χ3n) is 3.75. The van der Waals surface area contributed by atoms with E-state index in [1.54, 1.807) is 0 Å². The van der Waals surface area contributed by atoms with E-state index in [4.69, 9.17) is 5.11 Å². The lowest BCUT2D eigenvalue weighted by atomic mass is 9.78. The number of halogens is 1. The highest BCUT2D eigenvalue weighted by Crippen LogP contribution is 2.32. The van der Waals surface area contributed by atoms with Crippen LogP contribution in [0.5, 0.6) is 0 Å². The molecule has 1 aliphatic rings. The summed E-state index contributed by atoms with van der Waals surface area (Å²) in [5.41, 5.74) is 0.740. The van der Waals surface area contributed by atoms with Crippen LogP contribution >= 0.6 is 22.6 Å². The fraction of sp³-hybridized carbons (Fsp3) is 0.467. The van der Waals surface area contributed by atoms with Gasteiger partial charge in [0, 0.05) is 15.6 Å². The molecule has 0 aliphatic heterocycles. The van der Waals surface area contributed by atoms with Crippen molar-refractivity contribution in [2.45, 2.75) is 32.1 Å². The molecule has 0 amide bonds. The maximum absolute atomic E-state index is 12.2. The Morgan fingerprint density at radius 3 is 2.79 bits per heavy atom. The summed E-state index contributed by atoms with van der Waals surface area (Å²) < 4.78 is 1.05. The van der Waals surface area contributed by atoms with Gasteiger partial charge in [-0.1, -0.05) is 18.6 Å². The summed E-state index contributed by atoms with van der Waals surface area (Å²) in [4.78, 5) is 23.2. The molecule has 0 radical (unpaired) electrons. The first-order chi connectivity index (χ1) is 9.06. The van der Waals surface area contributed by atoms with E-state index < -0.39 is 5.97 Å². The van der Waals surface area contributed by atoms with Crippen molar-refractivity contribution in [2.24, 2.45) is 11.8 Å². The normalized spacial score (nSPS) is 23.0. The zero-order valence-electron chi connectivity index (χ0n) is 10.6. The highest BCUT2D eigenvalue weighted by molar-refractivity contribution is 14.1. The number of carboxylic acid groups (broad SMARTS) is 1. The monoisotopic (exact) mass is 372 g/mol. The Morgan fingerprint density at radius 2 is 2.11 bits per heavy atom. The summed E-state index contributed by atoms with van der Waals surface area (Å²) in [5.74, 6) is -0.622. The topological polar surface area (TPSA) is 54.4 Å². The molecule has 1 aromatic rings. The predicted molar refractivity (Wildman–Crippen MR) is 81.2 cm³/mol. The third-order valence-corrected chi connectivity index (χ3v) is 4.42. The van der Waals surface area contributed by atoms with Crippen LogP contribution in [-0.4, -0.2) is 16.9 Å². The largest absolute Gasteiger partial charge is 0.481 e. The number of carbonyl (C=O) groups is 2. The Hall–Kier alpha value is -0.910. The predicted octanol–water partition coefficient (Wildman–Crippen LogP) is 3.76. The number of hydrogen-bond acceptors (Lipinski definition) is 2. The van der Waals surface area contributed by atoms with Crippen LogP contribution in [0.3, 0.4) is 0 Å². The summed E-state index contributed by atoms with van der Waals surface area (Å²) in [6, 6.07) is 7.57. The minimum absolute atomic E-state index is 0.134. The van der Waals surface area contributed by atoms with Crippen molar-refractivity contribution < 1.29 is 14.7 Å². The summed E-state index contributed by atoms with van der Waals surface area (Å²) in [5, 5.41) is 9.06. The van der Waals surface area contributed by atoms with Gasteiger partial charge >= 0.3 is 5.97 Å². The molecule has 0 heterocycles. The molecule has 0 aromatic heterocycles. The second-order valence-corrected chi connectivity index (χ2v) is 6.45. The van der Waals surface area contributed by atoms with E-state index >= 15 is 0 Å². The standard InChI is InChI=1S/C15H17IO3/c16-13-6-2-4-11(9-13)14(17)8-10-3-1-5-12(7-10)15(18)19/h2,4,6,9-10,12H,1,3,5,7-8H2,(H,18,19)/t10-,12+/m1/s1. The Labute approximate surface area is 126 Å². The molecule has 0 spiro atoms. The van der Waals surface area contributed by atoms with Gasteiger partial charge in [-0.05, 0) is 59.9 Å². The number of aliphatic carboxylic acids is 1. The van der Waals surface area contributed by atoms with Crippen molar-refractivity contribution in [3.63, 3.8) is 0 Å². The Bertz CT molecular complexity index is 484. The van der Waals surface area contributed by atoms with Crippen molar-refractivity contribution >= 4 is 34.3 Å². The minimum atomic E-state index is -0.716. The molecule has 3 nitrogen and oxygen atoms in total. The van der Waals surface area contributed by atoms with Crippen molar-refractivity contribution in [3.05, 3.63) is 33.4 Å². The number of ketones is 1. The molecule has 19 heavy (non-hydrogen) atoms. The number of hydrogen-bond donors (Lipinski definition) is 1. The number of benzene rings is 1. The number of carbonyl (C=O) groups excluding carboxylic acids is 1. The highest BCUT2D eigenvalue weighted by Gasteiger charge is 2.28. The molecule has 0 unspecified atom stereocenters. The number of carboxylic acids is 1. The Morgan fingerprint density at radius 1 is 1.32 bits per heavy atom. The van der Waals surface area contributed by atoms with Crippen LogP contribution in [0.4, 0.5) is 0 Å². The van der Waals surface area contributed by atoms with Gasteiger partial charge in [-0.3, -0.25) is 9.59 Å². The van der Waals surface area contributed by atoms with E-state index in [-0.39, 0.29) is 17.6 Å². The van der Waals surface area contributed by atoms with E-state index in [0.717, 1.165) is 28.4 Å². The fourth-order valence-electron chi connectivity index (χ4n) is 2.74. The van der Waals surface area contributed by atoms with Gasteiger partial charge in [0.15, 0.2) is 5.78 Å². The van der Waals surface area contributed by atoms with Crippen LogP contribution in [0.15, 0.2) is 24.3 Å². The molecule has 102 valence electrons. The molecule has 0 saturated heterocycles. The zero-order valence-corrected chi connectivity index (χ0v) is 12.8. The van der Waals surface area contributed by atoms with Crippen LogP contribution < -0.4 is 0 Å². The average molecular weight is 372 g/mol. The Kier molecular flexibility index (Phi) is 4.96. The van der Waals surface area contributed by atoms with Gasteiger partial charge in [0.1, 0.15) is 0 Å². The van der Waals surface area contributed by atoms with E-state index in [2.05, 4.69) is 22.6 Å². The van der Waals surface area contributed by atoms with Gasteiger partial charge < -0.3 is 5.11 Å². The SMILES string of the molecule is O=C(C[C@@H]1CCC[C@H](C(=O)O)C1)c1cccc(I)c1. The quantitative estimate of drug-likeness (QED) is 0.647. The summed E-state index contributed by atoms with van der Waals surface area (Å²) in [6.45, 7) is 0. The first-order valence-electron chi connectivity index (χ1n) is 6.58. The molecule has 1 aliphatic carbocycles. The maximum atomic E-state index is 12.2. The molecular formula is C15H17IO3. The van der Waals surface area contributed by atoms with E-state index in [9.17, 15) is 9.59 Å². The lowest BCUT2D eigenvalue weighted by Crippen LogP contribution is -2.24. The van der Waals surface area contributed by atoms with Crippen molar-refractivity contribution in [2.75, 3.05) is 0 Å². The van der Waals surface area contributed by atoms with Crippen molar-refractivity contribution in [1.29, 1.82) is 0 Å². The molecule has 1 fully saturated rings. The first kappa shape index (κ1) is 14.5. The van der Waals surface area contributed by atoms with Gasteiger partial charge in [-0.25, -0.2) is 0 Å². The molecule has 2 rings (SSSR count). The third kappa shape index (κ3) is 4.03. The smallest absolute Gasteiger partial charge is 0.306 e. The molecule has 2 atom stereocenters. The van der Waals surface area contributed by atoms with Gasteiger partial charge in [0.25, 0.3) is 0 Å². The van der Waals surface area contributed by atoms with Gasteiger partial charge in [0.2, 0.25) is 0 Å². The Balaban J connectivity index is 1.97. The van der Waals surface area contributed by atoms with Crippen LogP contribution in [0, 0.1) is 15.4 Å². The fourth-order valence-corrected chi connectivity index (χ4v) is 3.29. The van der Waals surface area contributed by atoms with Crippen LogP contribution in [0.2, 0.25) is 0 Å². The number of Topliss-reactive ketones (excluding diaryl/α,β-unsaturated/α-hetero) is 1. The van der Waals surface area contributed by atoms with Crippen molar-refractivity contribution in [3.8, 4) is 0 Å². The molecule has 4 heteroatoms. The molecule has 0 bridgehead atoms. The van der Waals surface area contributed by atoms with Crippen LogP contribution in [0.25, 0.3) is 0 Å². The summed E-state index contributed by atoms with van der Waals surface area (Å²) >= 11 is 2.19. The molecule has 1 saturated carbocycles. The molecule has 1 aromatic carbocycles. The van der Waals surface area contributed by atoms with Gasteiger partial charge in [-0.2, -0.15) is 0 Å². The van der Waals surface area contributed by atoms with Crippen LogP contribution in [-0.2, 0) is 4.79 Å². The number of rotatable bonds is 4. The maximum Gasteiger partial charge on any atom is 0.306 e.